The van der Waals surface area contributed by atoms with Crippen LogP contribution in [0.15, 0.2) is 23.1 Å². The number of hydrogen-bond acceptors (Lipinski definition) is 3. The largest absolute Gasteiger partial charge is 0.310 e. The van der Waals surface area contributed by atoms with E-state index in [1.807, 2.05) is 19.1 Å². The maximum Gasteiger partial charge on any atom is 0.181 e. The van der Waals surface area contributed by atoms with Crippen molar-refractivity contribution in [3.63, 3.8) is 0 Å². The van der Waals surface area contributed by atoms with Gasteiger partial charge in [-0.05, 0) is 44.9 Å². The van der Waals surface area contributed by atoms with Gasteiger partial charge >= 0.3 is 0 Å². The van der Waals surface area contributed by atoms with Crippen LogP contribution in [0.2, 0.25) is 0 Å². The summed E-state index contributed by atoms with van der Waals surface area (Å²) in [5.74, 6) is 0. The van der Waals surface area contributed by atoms with Crippen molar-refractivity contribution in [2.24, 2.45) is 0 Å². The van der Waals surface area contributed by atoms with E-state index in [-0.39, 0.29) is 11.3 Å². The molecule has 1 aliphatic heterocycles. The Morgan fingerprint density at radius 1 is 1.39 bits per heavy atom. The van der Waals surface area contributed by atoms with E-state index in [9.17, 15) is 8.42 Å². The first-order valence-corrected chi connectivity index (χ1v) is 8.09. The van der Waals surface area contributed by atoms with Gasteiger partial charge in [0, 0.05) is 6.04 Å². The van der Waals surface area contributed by atoms with Crippen molar-refractivity contribution in [3.05, 3.63) is 29.3 Å². The summed E-state index contributed by atoms with van der Waals surface area (Å²) in [6.07, 6.45) is 1.72. The van der Waals surface area contributed by atoms with Gasteiger partial charge < -0.3 is 5.32 Å². The quantitative estimate of drug-likeness (QED) is 0.915. The Labute approximate surface area is 110 Å². The number of sulfone groups is 1. The van der Waals surface area contributed by atoms with E-state index in [0.717, 1.165) is 24.1 Å². The SMILES string of the molecule is CCCNC1CC(C)S(=O)(=O)c2ccc(C)cc21. The molecule has 100 valence electrons. The smallest absolute Gasteiger partial charge is 0.181 e. The fourth-order valence-electron chi connectivity index (χ4n) is 2.51. The van der Waals surface area contributed by atoms with E-state index >= 15 is 0 Å². The lowest BCUT2D eigenvalue weighted by molar-refractivity contribution is 0.463. The molecule has 1 aliphatic rings. The summed E-state index contributed by atoms with van der Waals surface area (Å²) in [5, 5.41) is 3.15. The highest BCUT2D eigenvalue weighted by atomic mass is 32.2. The Bertz CT molecular complexity index is 537. The molecule has 0 fully saturated rings. The van der Waals surface area contributed by atoms with E-state index in [0.29, 0.717) is 11.3 Å². The first kappa shape index (κ1) is 13.6. The van der Waals surface area contributed by atoms with Crippen molar-refractivity contribution in [1.82, 2.24) is 5.32 Å². The van der Waals surface area contributed by atoms with Crippen LogP contribution in [0.4, 0.5) is 0 Å². The Kier molecular flexibility index (Phi) is 3.78. The van der Waals surface area contributed by atoms with Gasteiger partial charge in [0.2, 0.25) is 0 Å². The number of benzene rings is 1. The monoisotopic (exact) mass is 267 g/mol. The summed E-state index contributed by atoms with van der Waals surface area (Å²) in [6.45, 7) is 6.85. The fourth-order valence-corrected chi connectivity index (χ4v) is 4.18. The summed E-state index contributed by atoms with van der Waals surface area (Å²) in [5.41, 5.74) is 2.06. The van der Waals surface area contributed by atoms with Crippen LogP contribution in [0.25, 0.3) is 0 Å². The van der Waals surface area contributed by atoms with Gasteiger partial charge in [-0.1, -0.05) is 24.6 Å². The molecule has 2 atom stereocenters. The van der Waals surface area contributed by atoms with E-state index in [4.69, 9.17) is 0 Å². The molecule has 18 heavy (non-hydrogen) atoms. The van der Waals surface area contributed by atoms with E-state index in [1.54, 1.807) is 13.0 Å². The molecule has 1 aromatic carbocycles. The molecule has 0 bridgehead atoms. The number of aryl methyl sites for hydroxylation is 1. The van der Waals surface area contributed by atoms with Crippen LogP contribution >= 0.6 is 0 Å². The molecule has 0 radical (unpaired) electrons. The van der Waals surface area contributed by atoms with Crippen LogP contribution in [0.3, 0.4) is 0 Å². The van der Waals surface area contributed by atoms with E-state index in [1.165, 1.54) is 0 Å². The highest BCUT2D eigenvalue weighted by Gasteiger charge is 2.35. The maximum absolute atomic E-state index is 12.3. The molecular formula is C14H21NO2S. The minimum absolute atomic E-state index is 0.165. The summed E-state index contributed by atoms with van der Waals surface area (Å²) >= 11 is 0. The highest BCUT2D eigenvalue weighted by molar-refractivity contribution is 7.92. The van der Waals surface area contributed by atoms with Gasteiger partial charge in [0.25, 0.3) is 0 Å². The second kappa shape index (κ2) is 5.02. The third-order valence-corrected chi connectivity index (χ3v) is 5.82. The van der Waals surface area contributed by atoms with Gasteiger partial charge in [-0.3, -0.25) is 0 Å². The first-order valence-electron chi connectivity index (χ1n) is 6.54. The number of fused-ring (bicyclic) bond motifs is 1. The number of hydrogen-bond donors (Lipinski definition) is 1. The third-order valence-electron chi connectivity index (χ3n) is 3.59. The predicted octanol–water partition coefficient (Wildman–Crippen LogP) is 2.60. The second-order valence-corrected chi connectivity index (χ2v) is 7.47. The molecule has 0 aromatic heterocycles. The average Bonchev–Trinajstić information content (AvgIpc) is 2.32. The zero-order valence-electron chi connectivity index (χ0n) is 11.2. The summed E-state index contributed by atoms with van der Waals surface area (Å²) in [7, 11) is -3.14. The lowest BCUT2D eigenvalue weighted by Crippen LogP contribution is -2.34. The molecule has 0 saturated carbocycles. The molecule has 2 rings (SSSR count). The Balaban J connectivity index is 2.48. The van der Waals surface area contributed by atoms with Gasteiger partial charge in [-0.15, -0.1) is 0 Å². The summed E-state index contributed by atoms with van der Waals surface area (Å²) in [6, 6.07) is 5.81. The van der Waals surface area contributed by atoms with Gasteiger partial charge in [0.15, 0.2) is 9.84 Å². The predicted molar refractivity (Wildman–Crippen MR) is 73.5 cm³/mol. The van der Waals surface area contributed by atoms with Crippen molar-refractivity contribution in [2.75, 3.05) is 6.54 Å². The van der Waals surface area contributed by atoms with Crippen molar-refractivity contribution in [2.45, 2.75) is 49.8 Å². The van der Waals surface area contributed by atoms with Crippen LogP contribution in [0, 0.1) is 6.92 Å². The van der Waals surface area contributed by atoms with Crippen molar-refractivity contribution in [3.8, 4) is 0 Å². The minimum atomic E-state index is -3.14. The molecular weight excluding hydrogens is 246 g/mol. The first-order chi connectivity index (χ1) is 8.46. The number of nitrogens with one attached hydrogen (secondary N) is 1. The molecule has 2 unspecified atom stereocenters. The normalized spacial score (nSPS) is 25.7. The Hall–Kier alpha value is -0.870. The third kappa shape index (κ3) is 2.31. The van der Waals surface area contributed by atoms with E-state index < -0.39 is 9.84 Å². The van der Waals surface area contributed by atoms with Gasteiger partial charge in [-0.25, -0.2) is 8.42 Å². The second-order valence-electron chi connectivity index (χ2n) is 5.14. The zero-order valence-corrected chi connectivity index (χ0v) is 12.0. The van der Waals surface area contributed by atoms with Gasteiger partial charge in [0.1, 0.15) is 0 Å². The average molecular weight is 267 g/mol. The fraction of sp³-hybridized carbons (Fsp3) is 0.571. The Morgan fingerprint density at radius 2 is 2.11 bits per heavy atom. The molecule has 1 N–H and O–H groups in total. The highest BCUT2D eigenvalue weighted by Crippen LogP contribution is 2.36. The Morgan fingerprint density at radius 3 is 2.78 bits per heavy atom. The minimum Gasteiger partial charge on any atom is -0.310 e. The van der Waals surface area contributed by atoms with Crippen LogP contribution in [0.5, 0.6) is 0 Å². The van der Waals surface area contributed by atoms with Crippen LogP contribution in [-0.4, -0.2) is 20.2 Å². The standard InChI is InChI=1S/C14H21NO2S/c1-4-7-15-13-9-11(3)18(16,17)14-6-5-10(2)8-12(13)14/h5-6,8,11,13,15H,4,7,9H2,1-3H3. The zero-order chi connectivity index (χ0) is 13.3. The molecule has 0 amide bonds. The van der Waals surface area contributed by atoms with Gasteiger partial charge in [0.05, 0.1) is 10.1 Å². The molecule has 0 spiro atoms. The molecule has 1 heterocycles. The molecule has 1 aromatic rings. The van der Waals surface area contributed by atoms with Crippen molar-refractivity contribution in [1.29, 1.82) is 0 Å². The van der Waals surface area contributed by atoms with Crippen LogP contribution in [-0.2, 0) is 9.84 Å². The van der Waals surface area contributed by atoms with Crippen LogP contribution < -0.4 is 5.32 Å². The van der Waals surface area contributed by atoms with Gasteiger partial charge in [-0.2, -0.15) is 0 Å². The lowest BCUT2D eigenvalue weighted by Gasteiger charge is -2.30. The lowest BCUT2D eigenvalue weighted by atomic mass is 9.99. The molecule has 3 nitrogen and oxygen atoms in total. The molecule has 0 saturated heterocycles. The van der Waals surface area contributed by atoms with Crippen molar-refractivity contribution < 1.29 is 8.42 Å². The summed E-state index contributed by atoms with van der Waals surface area (Å²) < 4.78 is 24.6. The van der Waals surface area contributed by atoms with E-state index in [2.05, 4.69) is 12.2 Å². The molecule has 0 aliphatic carbocycles. The maximum atomic E-state index is 12.3. The molecule has 4 heteroatoms. The number of rotatable bonds is 3. The van der Waals surface area contributed by atoms with Crippen molar-refractivity contribution >= 4 is 9.84 Å². The summed E-state index contributed by atoms with van der Waals surface area (Å²) in [4.78, 5) is 0.514. The van der Waals surface area contributed by atoms with Crippen LogP contribution in [0.1, 0.15) is 43.9 Å². The topological polar surface area (TPSA) is 46.2 Å².